The highest BCUT2D eigenvalue weighted by molar-refractivity contribution is 7.48. The summed E-state index contributed by atoms with van der Waals surface area (Å²) in [6, 6.07) is -2.35. The number of rotatable bonds is 10. The van der Waals surface area contributed by atoms with E-state index in [1.165, 1.54) is 12.5 Å². The Morgan fingerprint density at radius 1 is 1.25 bits per heavy atom. The second kappa shape index (κ2) is 9.50. The van der Waals surface area contributed by atoms with Crippen LogP contribution in [0, 0.1) is 0 Å². The average molecular weight is 363 g/mol. The van der Waals surface area contributed by atoms with Crippen molar-refractivity contribution in [1.29, 1.82) is 0 Å². The minimum atomic E-state index is -4.95. The number of imidazole rings is 1. The Labute approximate surface area is 138 Å². The molecule has 136 valence electrons. The zero-order valence-corrected chi connectivity index (χ0v) is 13.9. The van der Waals surface area contributed by atoms with Crippen LogP contribution >= 0.6 is 7.82 Å². The molecule has 11 nitrogen and oxygen atoms in total. The van der Waals surface area contributed by atoms with Crippen molar-refractivity contribution in [2.75, 3.05) is 6.54 Å². The fourth-order valence-corrected chi connectivity index (χ4v) is 2.49. The number of aromatic nitrogens is 2. The van der Waals surface area contributed by atoms with Gasteiger partial charge in [-0.3, -0.25) is 4.89 Å². The number of hydrogen-bond acceptors (Lipinski definition) is 9. The molecule has 24 heavy (non-hydrogen) atoms. The van der Waals surface area contributed by atoms with E-state index in [1.807, 2.05) is 0 Å². The van der Waals surface area contributed by atoms with Gasteiger partial charge in [0, 0.05) is 18.3 Å². The molecule has 0 saturated heterocycles. The summed E-state index contributed by atoms with van der Waals surface area (Å²) in [6.45, 7) is 0.437. The van der Waals surface area contributed by atoms with Gasteiger partial charge in [0.15, 0.2) is 0 Å². The molecule has 0 radical (unpaired) electrons. The quantitative estimate of drug-likeness (QED) is 0.252. The molecule has 0 bridgehead atoms. The zero-order chi connectivity index (χ0) is 18.2. The Morgan fingerprint density at radius 3 is 2.42 bits per heavy atom. The van der Waals surface area contributed by atoms with Crippen molar-refractivity contribution in [2.24, 2.45) is 17.2 Å². The summed E-state index contributed by atoms with van der Waals surface area (Å²) >= 11 is 0. The lowest BCUT2D eigenvalue weighted by atomic mass is 10.1. The maximum absolute atomic E-state index is 11.7. The highest BCUT2D eigenvalue weighted by Crippen LogP contribution is 2.44. The van der Waals surface area contributed by atoms with Gasteiger partial charge < -0.3 is 31.2 Å². The van der Waals surface area contributed by atoms with E-state index < -0.39 is 31.8 Å². The molecule has 1 unspecified atom stereocenters. The van der Waals surface area contributed by atoms with E-state index in [1.54, 1.807) is 0 Å². The predicted octanol–water partition coefficient (Wildman–Crippen LogP) is -1.08. The second-order valence-electron chi connectivity index (χ2n) is 5.07. The molecular weight excluding hydrogens is 341 g/mol. The number of nitrogens with zero attached hydrogens (tertiary/aromatic N) is 1. The Hall–Kier alpha value is -1.78. The lowest BCUT2D eigenvalue weighted by molar-refractivity contribution is -0.142. The zero-order valence-electron chi connectivity index (χ0n) is 13.0. The molecule has 0 spiro atoms. The Bertz CT molecular complexity index is 581. The molecule has 1 aromatic rings. The van der Waals surface area contributed by atoms with Gasteiger partial charge in [-0.25, -0.2) is 19.1 Å². The van der Waals surface area contributed by atoms with Crippen LogP contribution in [0.4, 0.5) is 0 Å². The summed E-state index contributed by atoms with van der Waals surface area (Å²) in [4.78, 5) is 39.2. The molecule has 3 atom stereocenters. The van der Waals surface area contributed by atoms with Crippen molar-refractivity contribution in [3.63, 3.8) is 0 Å². The number of phosphoric ester groups is 1. The van der Waals surface area contributed by atoms with Crippen LogP contribution in [-0.2, 0) is 29.6 Å². The Kier molecular flexibility index (Phi) is 8.02. The molecule has 1 heterocycles. The molecule has 0 amide bonds. The number of carbonyl (C=O) groups excluding carboxylic acids is 2. The van der Waals surface area contributed by atoms with E-state index in [2.05, 4.69) is 19.0 Å². The summed E-state index contributed by atoms with van der Waals surface area (Å²) in [5.74, 6) is -2.34. The predicted molar refractivity (Wildman–Crippen MR) is 83.2 cm³/mol. The summed E-state index contributed by atoms with van der Waals surface area (Å²) in [5, 5.41) is 0. The fourth-order valence-electron chi connectivity index (χ4n) is 1.72. The number of H-pyrrole nitrogens is 1. The minimum absolute atomic E-state index is 0.00534. The third-order valence-electron chi connectivity index (χ3n) is 2.98. The summed E-state index contributed by atoms with van der Waals surface area (Å²) < 4.78 is 20.3. The van der Waals surface area contributed by atoms with E-state index in [0.717, 1.165) is 0 Å². The van der Waals surface area contributed by atoms with Crippen molar-refractivity contribution < 1.29 is 28.1 Å². The largest absolute Gasteiger partial charge is 0.589 e. The summed E-state index contributed by atoms with van der Waals surface area (Å²) in [7, 11) is -4.95. The average Bonchev–Trinajstić information content (AvgIpc) is 2.99. The molecular formula is C12H22N5O6P. The van der Waals surface area contributed by atoms with Crippen molar-refractivity contribution in [3.05, 3.63) is 18.2 Å². The number of aromatic amines is 1. The molecule has 0 saturated carbocycles. The van der Waals surface area contributed by atoms with Gasteiger partial charge in [-0.1, -0.05) is 6.42 Å². The molecule has 0 fully saturated rings. The van der Waals surface area contributed by atoms with Gasteiger partial charge >= 0.3 is 19.8 Å². The monoisotopic (exact) mass is 363 g/mol. The topological polar surface area (TPSA) is 197 Å². The molecule has 12 heteroatoms. The van der Waals surface area contributed by atoms with Crippen LogP contribution in [-0.4, -0.2) is 45.4 Å². The van der Waals surface area contributed by atoms with Gasteiger partial charge in [0.05, 0.1) is 6.33 Å². The van der Waals surface area contributed by atoms with E-state index in [0.29, 0.717) is 25.1 Å². The third kappa shape index (κ3) is 7.20. The molecule has 1 rings (SSSR count). The fraction of sp³-hybridized carbons (Fsp3) is 0.583. The highest BCUT2D eigenvalue weighted by atomic mass is 31.2. The van der Waals surface area contributed by atoms with Gasteiger partial charge in [-0.05, 0) is 19.4 Å². The second-order valence-corrected chi connectivity index (χ2v) is 6.37. The molecule has 0 aliphatic rings. The molecule has 0 aliphatic heterocycles. The van der Waals surface area contributed by atoms with Crippen molar-refractivity contribution in [1.82, 2.24) is 9.97 Å². The Balaban J connectivity index is 2.47. The number of hydrogen-bond donors (Lipinski definition) is 5. The van der Waals surface area contributed by atoms with Crippen LogP contribution in [0.15, 0.2) is 12.5 Å². The first-order chi connectivity index (χ1) is 11.2. The van der Waals surface area contributed by atoms with Gasteiger partial charge in [0.25, 0.3) is 0 Å². The van der Waals surface area contributed by atoms with Gasteiger partial charge in [-0.2, -0.15) is 0 Å². The maximum Gasteiger partial charge on any atom is 0.589 e. The number of nitrogens with two attached hydrogens (primary N) is 3. The van der Waals surface area contributed by atoms with E-state index >= 15 is 0 Å². The van der Waals surface area contributed by atoms with Crippen molar-refractivity contribution in [2.45, 2.75) is 37.8 Å². The standard InChI is InChI=1S/C12H22N5O6P/c13-4-2-1-3-9(14)11(18)22-24(20,21)23-12(19)10(15)5-8-6-16-7-17-8/h6-7,9-10H,1-5,13-15H2,(H,16,17)(H,20,21)/t9-,10-/m0/s1. The van der Waals surface area contributed by atoms with Crippen molar-refractivity contribution >= 4 is 19.8 Å². The van der Waals surface area contributed by atoms with Gasteiger partial charge in [0.2, 0.25) is 0 Å². The lowest BCUT2D eigenvalue weighted by Gasteiger charge is -2.16. The SMILES string of the molecule is NCCCC[C@H](N)C(=O)OP(=O)(O)OC(=O)[C@@H](N)Cc1cnc[nH]1. The van der Waals surface area contributed by atoms with Crippen LogP contribution in [0.2, 0.25) is 0 Å². The van der Waals surface area contributed by atoms with Gasteiger partial charge in [0.1, 0.15) is 12.1 Å². The first kappa shape index (κ1) is 20.3. The number of nitrogens with one attached hydrogen (secondary N) is 1. The normalized spacial score (nSPS) is 16.0. The van der Waals surface area contributed by atoms with Crippen LogP contribution in [0.1, 0.15) is 25.0 Å². The smallest absolute Gasteiger partial charge is 0.360 e. The first-order valence-electron chi connectivity index (χ1n) is 7.23. The van der Waals surface area contributed by atoms with Crippen LogP contribution in [0.25, 0.3) is 0 Å². The maximum atomic E-state index is 11.7. The number of carbonyl (C=O) groups is 2. The summed E-state index contributed by atoms with van der Waals surface area (Å²) in [5.41, 5.74) is 16.9. The van der Waals surface area contributed by atoms with Crippen LogP contribution < -0.4 is 17.2 Å². The lowest BCUT2D eigenvalue weighted by Crippen LogP contribution is -2.35. The van der Waals surface area contributed by atoms with Crippen molar-refractivity contribution in [3.8, 4) is 0 Å². The molecule has 8 N–H and O–H groups in total. The van der Waals surface area contributed by atoms with Crippen LogP contribution in [0.3, 0.4) is 0 Å². The molecule has 0 aromatic carbocycles. The summed E-state index contributed by atoms with van der Waals surface area (Å²) in [6.07, 6.45) is 4.26. The van der Waals surface area contributed by atoms with Gasteiger partial charge in [-0.15, -0.1) is 0 Å². The third-order valence-corrected chi connectivity index (χ3v) is 3.80. The molecule has 0 aliphatic carbocycles. The van der Waals surface area contributed by atoms with E-state index in [4.69, 9.17) is 17.2 Å². The highest BCUT2D eigenvalue weighted by Gasteiger charge is 2.34. The van der Waals surface area contributed by atoms with Crippen LogP contribution in [0.5, 0.6) is 0 Å². The minimum Gasteiger partial charge on any atom is -0.360 e. The number of unbranched alkanes of at least 4 members (excludes halogenated alkanes) is 1. The number of phosphoric acid groups is 1. The van der Waals surface area contributed by atoms with E-state index in [9.17, 15) is 19.0 Å². The first-order valence-corrected chi connectivity index (χ1v) is 8.73. The van der Waals surface area contributed by atoms with E-state index in [-0.39, 0.29) is 12.8 Å². The molecule has 1 aromatic heterocycles. The Morgan fingerprint density at radius 2 is 1.88 bits per heavy atom.